The van der Waals surface area contributed by atoms with Crippen molar-refractivity contribution in [2.75, 3.05) is 0 Å². The second-order valence-electron chi connectivity index (χ2n) is 3.27. The van der Waals surface area contributed by atoms with Crippen LogP contribution in [0.1, 0.15) is 40.6 Å². The van der Waals surface area contributed by atoms with E-state index in [9.17, 15) is 4.79 Å². The summed E-state index contributed by atoms with van der Waals surface area (Å²) in [6.45, 7) is 0. The first-order valence-electron chi connectivity index (χ1n) is 4.26. The summed E-state index contributed by atoms with van der Waals surface area (Å²) in [5.41, 5.74) is 7.50. The number of aromatic nitrogens is 2. The van der Waals surface area contributed by atoms with Gasteiger partial charge in [0.25, 0.3) is 0 Å². The van der Waals surface area contributed by atoms with Crippen LogP contribution in [-0.2, 0) is 6.42 Å². The first-order chi connectivity index (χ1) is 6.20. The zero-order valence-electron chi connectivity index (χ0n) is 7.08. The highest BCUT2D eigenvalue weighted by atomic mass is 16.4. The number of rotatable bonds is 1. The summed E-state index contributed by atoms with van der Waals surface area (Å²) in [6, 6.07) is -0.0793. The Morgan fingerprint density at radius 3 is 3.15 bits per heavy atom. The number of carboxylic acid groups (broad SMARTS) is 1. The van der Waals surface area contributed by atoms with Crippen LogP contribution >= 0.6 is 0 Å². The van der Waals surface area contributed by atoms with Gasteiger partial charge in [-0.3, -0.25) is 5.10 Å². The van der Waals surface area contributed by atoms with Gasteiger partial charge in [0.15, 0.2) is 5.69 Å². The molecule has 4 N–H and O–H groups in total. The van der Waals surface area contributed by atoms with Crippen LogP contribution in [0, 0.1) is 0 Å². The molecule has 13 heavy (non-hydrogen) atoms. The largest absolute Gasteiger partial charge is 0.476 e. The van der Waals surface area contributed by atoms with Gasteiger partial charge in [0.1, 0.15) is 0 Å². The molecule has 0 amide bonds. The molecule has 2 rings (SSSR count). The van der Waals surface area contributed by atoms with Gasteiger partial charge in [0.05, 0.1) is 5.69 Å². The lowest BCUT2D eigenvalue weighted by atomic mass is 9.92. The molecule has 1 aliphatic carbocycles. The predicted molar refractivity (Wildman–Crippen MR) is 45.4 cm³/mol. The van der Waals surface area contributed by atoms with Crippen molar-refractivity contribution in [3.63, 3.8) is 0 Å². The molecule has 0 spiro atoms. The fourth-order valence-corrected chi connectivity index (χ4v) is 1.76. The van der Waals surface area contributed by atoms with Gasteiger partial charge in [-0.05, 0) is 19.3 Å². The quantitative estimate of drug-likeness (QED) is 0.586. The van der Waals surface area contributed by atoms with Crippen LogP contribution in [0.4, 0.5) is 0 Å². The number of nitrogens with one attached hydrogen (secondary N) is 1. The molecule has 0 bridgehead atoms. The van der Waals surface area contributed by atoms with Gasteiger partial charge < -0.3 is 10.8 Å². The van der Waals surface area contributed by atoms with E-state index in [1.165, 1.54) is 0 Å². The number of hydrogen-bond acceptors (Lipinski definition) is 3. The van der Waals surface area contributed by atoms with Crippen molar-refractivity contribution in [3.05, 3.63) is 17.0 Å². The summed E-state index contributed by atoms with van der Waals surface area (Å²) in [5.74, 6) is -0.980. The standard InChI is InChI=1S/C8H11N3O2/c9-5-3-1-2-4-6(5)10-11-7(4)8(12)13/h5H,1-3,9H2,(H,10,11)(H,12,13). The van der Waals surface area contributed by atoms with Crippen molar-refractivity contribution in [2.45, 2.75) is 25.3 Å². The Hall–Kier alpha value is -1.36. The number of aromatic carboxylic acids is 1. The maximum atomic E-state index is 10.7. The lowest BCUT2D eigenvalue weighted by Crippen LogP contribution is -2.18. The summed E-state index contributed by atoms with van der Waals surface area (Å²) >= 11 is 0. The molecule has 1 aromatic heterocycles. The maximum absolute atomic E-state index is 10.7. The van der Waals surface area contributed by atoms with E-state index in [0.29, 0.717) is 0 Å². The summed E-state index contributed by atoms with van der Waals surface area (Å²) in [7, 11) is 0. The number of nitrogens with zero attached hydrogens (tertiary/aromatic N) is 1. The second-order valence-corrected chi connectivity index (χ2v) is 3.27. The first-order valence-corrected chi connectivity index (χ1v) is 4.26. The molecule has 0 aromatic carbocycles. The van der Waals surface area contributed by atoms with Crippen LogP contribution in [0.5, 0.6) is 0 Å². The average molecular weight is 181 g/mol. The molecule has 1 aromatic rings. The van der Waals surface area contributed by atoms with Gasteiger partial charge in [0, 0.05) is 11.6 Å². The van der Waals surface area contributed by atoms with Crippen LogP contribution in [0.15, 0.2) is 0 Å². The molecule has 0 aliphatic heterocycles. The molecule has 70 valence electrons. The van der Waals surface area contributed by atoms with E-state index in [1.807, 2.05) is 0 Å². The normalized spacial score (nSPS) is 21.2. The zero-order valence-corrected chi connectivity index (χ0v) is 7.08. The third-order valence-electron chi connectivity index (χ3n) is 2.41. The minimum atomic E-state index is -0.980. The summed E-state index contributed by atoms with van der Waals surface area (Å²) in [4.78, 5) is 10.7. The Morgan fingerprint density at radius 1 is 1.69 bits per heavy atom. The van der Waals surface area contributed by atoms with E-state index in [2.05, 4.69) is 10.2 Å². The predicted octanol–water partition coefficient (Wildman–Crippen LogP) is 0.444. The van der Waals surface area contributed by atoms with Gasteiger partial charge >= 0.3 is 5.97 Å². The Labute approximate surface area is 74.9 Å². The molecular formula is C8H11N3O2. The van der Waals surface area contributed by atoms with Crippen molar-refractivity contribution in [2.24, 2.45) is 5.73 Å². The Bertz CT molecular complexity index is 345. The SMILES string of the molecule is NC1CCCc2c(C(=O)O)n[nH]c21. The molecule has 1 unspecified atom stereocenters. The summed E-state index contributed by atoms with van der Waals surface area (Å²) < 4.78 is 0. The van der Waals surface area contributed by atoms with E-state index in [4.69, 9.17) is 10.8 Å². The molecular weight excluding hydrogens is 170 g/mol. The molecule has 0 radical (unpaired) electrons. The monoisotopic (exact) mass is 181 g/mol. The highest BCUT2D eigenvalue weighted by Crippen LogP contribution is 2.27. The van der Waals surface area contributed by atoms with Gasteiger partial charge in [-0.25, -0.2) is 4.79 Å². The van der Waals surface area contributed by atoms with Gasteiger partial charge in [0.2, 0.25) is 0 Å². The summed E-state index contributed by atoms with van der Waals surface area (Å²) in [6.07, 6.45) is 2.60. The first kappa shape index (κ1) is 8.25. The molecule has 0 saturated carbocycles. The number of carbonyl (C=O) groups is 1. The number of carboxylic acids is 1. The van der Waals surface area contributed by atoms with Crippen molar-refractivity contribution in [3.8, 4) is 0 Å². The molecule has 1 heterocycles. The molecule has 0 saturated heterocycles. The van der Waals surface area contributed by atoms with Crippen molar-refractivity contribution >= 4 is 5.97 Å². The topological polar surface area (TPSA) is 92.0 Å². The molecule has 5 nitrogen and oxygen atoms in total. The third-order valence-corrected chi connectivity index (χ3v) is 2.41. The molecule has 1 aliphatic rings. The van der Waals surface area contributed by atoms with E-state index in [0.717, 1.165) is 30.5 Å². The zero-order chi connectivity index (χ0) is 9.42. The van der Waals surface area contributed by atoms with Gasteiger partial charge in [-0.15, -0.1) is 0 Å². The number of H-pyrrole nitrogens is 1. The van der Waals surface area contributed by atoms with Crippen molar-refractivity contribution < 1.29 is 9.90 Å². The van der Waals surface area contributed by atoms with Crippen LogP contribution in [0.25, 0.3) is 0 Å². The molecule has 5 heteroatoms. The highest BCUT2D eigenvalue weighted by Gasteiger charge is 2.25. The van der Waals surface area contributed by atoms with E-state index in [-0.39, 0.29) is 11.7 Å². The molecule has 1 atom stereocenters. The van der Waals surface area contributed by atoms with E-state index < -0.39 is 5.97 Å². The van der Waals surface area contributed by atoms with Gasteiger partial charge in [-0.2, -0.15) is 5.10 Å². The van der Waals surface area contributed by atoms with Crippen molar-refractivity contribution in [1.82, 2.24) is 10.2 Å². The fourth-order valence-electron chi connectivity index (χ4n) is 1.76. The average Bonchev–Trinajstić information content (AvgIpc) is 2.48. The van der Waals surface area contributed by atoms with Crippen LogP contribution in [-0.4, -0.2) is 21.3 Å². The summed E-state index contributed by atoms with van der Waals surface area (Å²) in [5, 5.41) is 15.2. The van der Waals surface area contributed by atoms with E-state index >= 15 is 0 Å². The minimum absolute atomic E-state index is 0.0793. The van der Waals surface area contributed by atoms with Crippen LogP contribution < -0.4 is 5.73 Å². The maximum Gasteiger partial charge on any atom is 0.356 e. The fraction of sp³-hybridized carbons (Fsp3) is 0.500. The van der Waals surface area contributed by atoms with Crippen LogP contribution in [0.2, 0.25) is 0 Å². The Kier molecular flexibility index (Phi) is 1.81. The Balaban J connectivity index is 2.47. The highest BCUT2D eigenvalue weighted by molar-refractivity contribution is 5.87. The van der Waals surface area contributed by atoms with Gasteiger partial charge in [-0.1, -0.05) is 0 Å². The Morgan fingerprint density at radius 2 is 2.46 bits per heavy atom. The number of aromatic amines is 1. The molecule has 0 fully saturated rings. The van der Waals surface area contributed by atoms with E-state index in [1.54, 1.807) is 0 Å². The second kappa shape index (κ2) is 2.85. The lowest BCUT2D eigenvalue weighted by Gasteiger charge is -2.17. The lowest BCUT2D eigenvalue weighted by molar-refractivity contribution is 0.0689. The van der Waals surface area contributed by atoms with Crippen molar-refractivity contribution in [1.29, 1.82) is 0 Å². The number of fused-ring (bicyclic) bond motifs is 1. The van der Waals surface area contributed by atoms with Crippen LogP contribution in [0.3, 0.4) is 0 Å². The smallest absolute Gasteiger partial charge is 0.356 e. The number of nitrogens with two attached hydrogens (primary N) is 1. The third kappa shape index (κ3) is 1.21. The number of hydrogen-bond donors (Lipinski definition) is 3. The minimum Gasteiger partial charge on any atom is -0.476 e.